The second kappa shape index (κ2) is 4.85. The van der Waals surface area contributed by atoms with Crippen LogP contribution in [0.3, 0.4) is 0 Å². The molecule has 4 heteroatoms. The van der Waals surface area contributed by atoms with Gasteiger partial charge in [-0.15, -0.1) is 0 Å². The van der Waals surface area contributed by atoms with E-state index in [0.717, 1.165) is 10.8 Å². The monoisotopic (exact) mass is 256 g/mol. The first-order valence-corrected chi connectivity index (χ1v) is 6.66. The van der Waals surface area contributed by atoms with Gasteiger partial charge in [0.05, 0.1) is 0 Å². The fourth-order valence-corrected chi connectivity index (χ4v) is 2.60. The number of fused-ring (bicyclic) bond motifs is 1. The number of benzene rings is 2. The molecule has 0 saturated carbocycles. The van der Waals surface area contributed by atoms with Gasteiger partial charge in [0.2, 0.25) is 0 Å². The molecule has 2 aromatic rings. The summed E-state index contributed by atoms with van der Waals surface area (Å²) in [4.78, 5) is 1.17. The second-order valence-corrected chi connectivity index (χ2v) is 5.70. The minimum absolute atomic E-state index is 0. The van der Waals surface area contributed by atoms with Crippen LogP contribution < -0.4 is 12.4 Å². The molecule has 2 aromatic carbocycles. The molecule has 0 saturated heterocycles. The molecule has 0 amide bonds. The molecule has 16 heavy (non-hydrogen) atoms. The summed E-state index contributed by atoms with van der Waals surface area (Å²) in [6.07, 6.45) is 4.24. The first-order chi connectivity index (χ1) is 7.09. The number of phenols is 2. The zero-order valence-corrected chi connectivity index (χ0v) is 10.6. The molecule has 0 radical (unpaired) electrons. The predicted molar refractivity (Wildman–Crippen MR) is 64.8 cm³/mol. The SMILES string of the molecule is C[S+](C)c1ccc(O)c2ccc(O)cc12.[Cl-]. The third-order valence-electron chi connectivity index (χ3n) is 2.38. The number of hydrogen-bond donors (Lipinski definition) is 2. The normalized spacial score (nSPS) is 10.4. The van der Waals surface area contributed by atoms with E-state index in [4.69, 9.17) is 0 Å². The average Bonchev–Trinajstić information content (AvgIpc) is 2.17. The van der Waals surface area contributed by atoms with Crippen LogP contribution in [0.4, 0.5) is 0 Å². The summed E-state index contributed by atoms with van der Waals surface area (Å²) in [7, 11) is 0.108. The Morgan fingerprint density at radius 1 is 0.938 bits per heavy atom. The van der Waals surface area contributed by atoms with E-state index < -0.39 is 0 Å². The van der Waals surface area contributed by atoms with Gasteiger partial charge < -0.3 is 22.6 Å². The van der Waals surface area contributed by atoms with Crippen LogP contribution in [0.15, 0.2) is 35.2 Å². The minimum Gasteiger partial charge on any atom is -1.00 e. The smallest absolute Gasteiger partial charge is 0.162 e. The van der Waals surface area contributed by atoms with Gasteiger partial charge in [-0.1, -0.05) is 0 Å². The topological polar surface area (TPSA) is 40.5 Å². The molecule has 0 unspecified atom stereocenters. The predicted octanol–water partition coefficient (Wildman–Crippen LogP) is -0.508. The molecular formula is C12H13ClO2S. The van der Waals surface area contributed by atoms with Crippen LogP contribution in [-0.4, -0.2) is 22.7 Å². The van der Waals surface area contributed by atoms with Crippen LogP contribution >= 0.6 is 0 Å². The minimum atomic E-state index is 0. The van der Waals surface area contributed by atoms with Crippen molar-refractivity contribution in [3.05, 3.63) is 30.3 Å². The fraction of sp³-hybridized carbons (Fsp3) is 0.167. The molecule has 86 valence electrons. The van der Waals surface area contributed by atoms with Gasteiger partial charge in [-0.3, -0.25) is 0 Å². The highest BCUT2D eigenvalue weighted by Crippen LogP contribution is 2.32. The third kappa shape index (κ3) is 2.20. The van der Waals surface area contributed by atoms with Crippen molar-refractivity contribution < 1.29 is 22.6 Å². The van der Waals surface area contributed by atoms with Crippen molar-refractivity contribution in [2.24, 2.45) is 0 Å². The third-order valence-corrected chi connectivity index (χ3v) is 3.61. The molecule has 0 aromatic heterocycles. The Morgan fingerprint density at radius 3 is 2.25 bits per heavy atom. The van der Waals surface area contributed by atoms with Gasteiger partial charge in [0, 0.05) is 21.7 Å². The maximum atomic E-state index is 9.69. The summed E-state index contributed by atoms with van der Waals surface area (Å²) < 4.78 is 0. The maximum absolute atomic E-state index is 9.69. The van der Waals surface area contributed by atoms with Crippen LogP contribution in [0.25, 0.3) is 10.8 Å². The maximum Gasteiger partial charge on any atom is 0.162 e. The molecule has 2 rings (SSSR count). The first-order valence-electron chi connectivity index (χ1n) is 4.62. The summed E-state index contributed by atoms with van der Waals surface area (Å²) in [6.45, 7) is 0. The Hall–Kier alpha value is -1.06. The molecule has 0 spiro atoms. The van der Waals surface area contributed by atoms with Crippen LogP contribution in [-0.2, 0) is 10.9 Å². The van der Waals surface area contributed by atoms with E-state index >= 15 is 0 Å². The lowest BCUT2D eigenvalue weighted by Gasteiger charge is -2.05. The van der Waals surface area contributed by atoms with Gasteiger partial charge in [0.1, 0.15) is 24.0 Å². The number of hydrogen-bond acceptors (Lipinski definition) is 2. The van der Waals surface area contributed by atoms with Crippen molar-refractivity contribution >= 4 is 21.7 Å². The lowest BCUT2D eigenvalue weighted by atomic mass is 10.1. The molecule has 0 bridgehead atoms. The van der Waals surface area contributed by atoms with E-state index in [1.165, 1.54) is 4.90 Å². The second-order valence-electron chi connectivity index (χ2n) is 3.63. The Kier molecular flexibility index (Phi) is 3.94. The van der Waals surface area contributed by atoms with Gasteiger partial charge in [0.15, 0.2) is 4.90 Å². The van der Waals surface area contributed by atoms with Crippen molar-refractivity contribution in [3.8, 4) is 11.5 Å². The first kappa shape index (κ1) is 13.0. The largest absolute Gasteiger partial charge is 1.00 e. The van der Waals surface area contributed by atoms with E-state index in [2.05, 4.69) is 12.5 Å². The van der Waals surface area contributed by atoms with E-state index in [1.54, 1.807) is 24.3 Å². The average molecular weight is 257 g/mol. The van der Waals surface area contributed by atoms with Crippen LogP contribution in [0.2, 0.25) is 0 Å². The van der Waals surface area contributed by atoms with Crippen LogP contribution in [0.5, 0.6) is 11.5 Å². The summed E-state index contributed by atoms with van der Waals surface area (Å²) in [5, 5.41) is 20.9. The molecule has 0 aliphatic carbocycles. The molecular weight excluding hydrogens is 244 g/mol. The highest BCUT2D eigenvalue weighted by Gasteiger charge is 2.15. The summed E-state index contributed by atoms with van der Waals surface area (Å²) in [6, 6.07) is 8.67. The van der Waals surface area contributed by atoms with Crippen molar-refractivity contribution in [2.45, 2.75) is 4.90 Å². The van der Waals surface area contributed by atoms with Gasteiger partial charge in [-0.05, 0) is 30.3 Å². The van der Waals surface area contributed by atoms with E-state index in [0.29, 0.717) is 0 Å². The van der Waals surface area contributed by atoms with Crippen molar-refractivity contribution in [2.75, 3.05) is 12.5 Å². The quantitative estimate of drug-likeness (QED) is 0.675. The zero-order chi connectivity index (χ0) is 11.0. The zero-order valence-electron chi connectivity index (χ0n) is 9.07. The van der Waals surface area contributed by atoms with E-state index in [1.807, 2.05) is 6.07 Å². The highest BCUT2D eigenvalue weighted by atomic mass is 35.5. The number of halogens is 1. The van der Waals surface area contributed by atoms with Crippen molar-refractivity contribution in [3.63, 3.8) is 0 Å². The standard InChI is InChI=1S/C12H12O2S.ClH/c1-15(2)12-6-5-11(14)9-4-3-8(13)7-10(9)12;/h3-7H,1-2H3,(H-,13,14);1H. The van der Waals surface area contributed by atoms with Gasteiger partial charge in [0.25, 0.3) is 0 Å². The van der Waals surface area contributed by atoms with Gasteiger partial charge in [-0.2, -0.15) is 0 Å². The van der Waals surface area contributed by atoms with Gasteiger partial charge in [-0.25, -0.2) is 0 Å². The van der Waals surface area contributed by atoms with E-state index in [-0.39, 0.29) is 34.8 Å². The molecule has 0 atom stereocenters. The van der Waals surface area contributed by atoms with Crippen LogP contribution in [0, 0.1) is 0 Å². The van der Waals surface area contributed by atoms with Crippen molar-refractivity contribution in [1.29, 1.82) is 0 Å². The molecule has 0 aliphatic rings. The Bertz CT molecular complexity index is 512. The summed E-state index contributed by atoms with van der Waals surface area (Å²) >= 11 is 0. The van der Waals surface area contributed by atoms with Crippen molar-refractivity contribution in [1.82, 2.24) is 0 Å². The molecule has 0 fully saturated rings. The number of aromatic hydroxyl groups is 2. The van der Waals surface area contributed by atoms with E-state index in [9.17, 15) is 10.2 Å². The summed E-state index contributed by atoms with van der Waals surface area (Å²) in [5.74, 6) is 0.499. The molecule has 2 N–H and O–H groups in total. The summed E-state index contributed by atoms with van der Waals surface area (Å²) in [5.41, 5.74) is 0. The number of rotatable bonds is 1. The Labute approximate surface area is 104 Å². The number of phenolic OH excluding ortho intramolecular Hbond substituents is 2. The highest BCUT2D eigenvalue weighted by molar-refractivity contribution is 7.95. The van der Waals surface area contributed by atoms with Gasteiger partial charge >= 0.3 is 0 Å². The molecule has 0 heterocycles. The molecule has 2 nitrogen and oxygen atoms in total. The Balaban J connectivity index is 0.00000128. The van der Waals surface area contributed by atoms with Crippen LogP contribution in [0.1, 0.15) is 0 Å². The Morgan fingerprint density at radius 2 is 1.62 bits per heavy atom. The lowest BCUT2D eigenvalue weighted by Crippen LogP contribution is -3.00. The lowest BCUT2D eigenvalue weighted by molar-refractivity contribution is -0.00000517. The fourth-order valence-electron chi connectivity index (χ4n) is 1.65. The molecule has 0 aliphatic heterocycles.